The van der Waals surface area contributed by atoms with E-state index in [0.29, 0.717) is 5.92 Å². The zero-order valence-corrected chi connectivity index (χ0v) is 23.4. The monoisotopic (exact) mass is 727 g/mol. The number of aromatic nitrogens is 2. The van der Waals surface area contributed by atoms with Crippen LogP contribution in [-0.4, -0.2) is 20.9 Å². The van der Waals surface area contributed by atoms with E-state index in [1.54, 1.807) is 0 Å². The van der Waals surface area contributed by atoms with Crippen LogP contribution in [-0.2, 0) is 34.2 Å². The van der Waals surface area contributed by atoms with Crippen molar-refractivity contribution in [2.24, 2.45) is 5.92 Å². The predicted octanol–water partition coefficient (Wildman–Crippen LogP) is -0.656. The molecule has 0 spiro atoms. The average molecular weight is 730 g/mol. The van der Waals surface area contributed by atoms with Gasteiger partial charge >= 0.3 is 21.1 Å². The van der Waals surface area contributed by atoms with E-state index in [0.717, 1.165) is 18.3 Å². The summed E-state index contributed by atoms with van der Waals surface area (Å²) in [6.45, 7) is 11.1. The van der Waals surface area contributed by atoms with E-state index in [1.807, 2.05) is 11.8 Å². The molecule has 0 bridgehead atoms. The molecule has 0 aliphatic rings. The maximum absolute atomic E-state index is 4.76. The smallest absolute Gasteiger partial charge is 1.00 e. The molecule has 0 N–H and O–H groups in total. The Kier molecular flexibility index (Phi) is 22.5. The number of alkyl halides is 2. The third-order valence-electron chi connectivity index (χ3n) is 3.23. The first kappa shape index (κ1) is 31.9. The number of imidazole rings is 1. The zero-order valence-electron chi connectivity index (χ0n) is 15.6. The third kappa shape index (κ3) is 12.0. The molecule has 2 nitrogen and oxygen atoms in total. The number of hydrogen-bond donors (Lipinski definition) is 0. The van der Waals surface area contributed by atoms with Crippen molar-refractivity contribution in [3.8, 4) is 0 Å². The summed E-state index contributed by atoms with van der Waals surface area (Å²) in [7, 11) is 0. The van der Waals surface area contributed by atoms with Crippen LogP contribution in [0, 0.1) is 12.2 Å². The van der Waals surface area contributed by atoms with E-state index in [9.17, 15) is 0 Å². The van der Waals surface area contributed by atoms with Gasteiger partial charge in [-0.1, -0.05) is 52.0 Å². The Morgan fingerprint density at radius 3 is 2.23 bits per heavy atom. The molecule has 0 radical (unpaired) electrons. The van der Waals surface area contributed by atoms with E-state index in [1.165, 1.54) is 23.2 Å². The Morgan fingerprint density at radius 1 is 1.12 bits per heavy atom. The second-order valence-corrected chi connectivity index (χ2v) is 8.61. The average Bonchev–Trinajstić information content (AvgIpc) is 2.82. The molecular weight excluding hydrogens is 702 g/mol. The molecule has 0 saturated carbocycles. The van der Waals surface area contributed by atoms with Gasteiger partial charge in [0.2, 0.25) is 6.33 Å². The maximum Gasteiger partial charge on any atom is 2.00 e. The molecule has 0 amide bonds. The van der Waals surface area contributed by atoms with Crippen LogP contribution >= 0.6 is 35.0 Å². The Morgan fingerprint density at radius 2 is 1.69 bits per heavy atom. The summed E-state index contributed by atoms with van der Waals surface area (Å²) in [6, 6.07) is 8.65. The molecule has 1 aromatic carbocycles. The largest absolute Gasteiger partial charge is 2.00 e. The van der Waals surface area contributed by atoms with Crippen molar-refractivity contribution < 1.29 is 59.6 Å². The fourth-order valence-electron chi connectivity index (χ4n) is 2.39. The summed E-state index contributed by atoms with van der Waals surface area (Å²) in [4.78, 5) is 0. The Hall–Kier alpha value is 1.27. The topological polar surface area (TPSA) is 8.81 Å². The normalized spacial score (nSPS) is 9.85. The molecule has 0 saturated heterocycles. The van der Waals surface area contributed by atoms with E-state index >= 15 is 0 Å². The van der Waals surface area contributed by atoms with E-state index in [2.05, 4.69) is 67.4 Å². The van der Waals surface area contributed by atoms with Crippen LogP contribution in [0.5, 0.6) is 0 Å². The van der Waals surface area contributed by atoms with Crippen LogP contribution in [0.4, 0.5) is 0 Å². The first-order chi connectivity index (χ1) is 11.0. The number of aryl methyl sites for hydroxylation is 1. The van der Waals surface area contributed by atoms with Gasteiger partial charge in [0, 0.05) is 11.0 Å². The number of nitrogens with zero attached hydrogens (tertiary/aromatic N) is 2. The molecule has 0 atom stereocenters. The minimum Gasteiger partial charge on any atom is -1.00 e. The summed E-state index contributed by atoms with van der Waals surface area (Å²) in [6.07, 6.45) is 4.74. The number of para-hydroxylation sites is 2. The van der Waals surface area contributed by atoms with Crippen molar-refractivity contribution in [2.75, 3.05) is 11.1 Å². The van der Waals surface area contributed by atoms with Gasteiger partial charge in [0.05, 0.1) is 18.4 Å². The van der Waals surface area contributed by atoms with Gasteiger partial charge < -0.3 is 43.1 Å². The Bertz CT molecular complexity index is 583. The second-order valence-electron chi connectivity index (χ2n) is 6.12. The number of fused-ring (bicyclic) bond motifs is 1. The van der Waals surface area contributed by atoms with E-state index in [4.69, 9.17) is 23.2 Å². The van der Waals surface area contributed by atoms with Gasteiger partial charge in [0.1, 0.15) is 0 Å². The molecule has 154 valence electrons. The first-order valence-corrected chi connectivity index (χ1v) is 10.2. The maximum atomic E-state index is 4.76. The molecule has 0 aliphatic carbocycles. The van der Waals surface area contributed by atoms with Gasteiger partial charge in [-0.3, -0.25) is 0 Å². The van der Waals surface area contributed by atoms with Crippen LogP contribution in [0.3, 0.4) is 0 Å². The summed E-state index contributed by atoms with van der Waals surface area (Å²) in [5, 5.41) is 0.922. The van der Waals surface area contributed by atoms with Crippen LogP contribution in [0.25, 0.3) is 11.0 Å². The summed E-state index contributed by atoms with van der Waals surface area (Å²) in [5.74, 6) is 1.87. The molecule has 0 aliphatic heterocycles. The van der Waals surface area contributed by atoms with Gasteiger partial charge in [0.15, 0.2) is 0 Å². The van der Waals surface area contributed by atoms with Crippen molar-refractivity contribution in [1.82, 2.24) is 4.57 Å². The molecule has 2 rings (SSSR count). The summed E-state index contributed by atoms with van der Waals surface area (Å²) in [5.41, 5.74) is 2.61. The number of halogens is 4. The van der Waals surface area contributed by atoms with Gasteiger partial charge in [-0.25, -0.2) is 0 Å². The Labute approximate surface area is 208 Å². The number of rotatable bonds is 7. The van der Waals surface area contributed by atoms with Crippen LogP contribution < -0.4 is 38.5 Å². The van der Waals surface area contributed by atoms with Crippen molar-refractivity contribution in [3.05, 3.63) is 30.6 Å². The Balaban J connectivity index is -0.000000825. The third-order valence-corrected chi connectivity index (χ3v) is 4.42. The molecule has 0 fully saturated rings. The van der Waals surface area contributed by atoms with Gasteiger partial charge in [0.25, 0.3) is 0 Å². The molecule has 1 aromatic heterocycles. The molecule has 0 unspecified atom stereocenters. The molecule has 26 heavy (non-hydrogen) atoms. The minimum absolute atomic E-state index is 0. The van der Waals surface area contributed by atoms with Gasteiger partial charge in [-0.05, 0) is 23.3 Å². The number of hydrogen-bond acceptors (Lipinski definition) is 1. The summed E-state index contributed by atoms with van der Waals surface area (Å²) < 4.78 is 4.56. The van der Waals surface area contributed by atoms with Crippen molar-refractivity contribution in [1.29, 1.82) is 0 Å². The van der Waals surface area contributed by atoms with Crippen LogP contribution in [0.1, 0.15) is 34.1 Å². The van der Waals surface area contributed by atoms with Crippen molar-refractivity contribution in [3.63, 3.8) is 0 Å². The van der Waals surface area contributed by atoms with Crippen molar-refractivity contribution >= 4 is 46.0 Å². The van der Waals surface area contributed by atoms with Crippen molar-refractivity contribution in [2.45, 2.75) is 52.5 Å². The minimum atomic E-state index is 0. The fourth-order valence-corrected chi connectivity index (χ4v) is 3.16. The SMILES string of the molecule is CC(C)C[n+]1[c-]n(CCCSC(C)C)c2ccccc21.ClCCl.[Br-].[Br-].[Pt+2]. The van der Waals surface area contributed by atoms with Crippen LogP contribution in [0.2, 0.25) is 0 Å². The second kappa shape index (κ2) is 18.3. The van der Waals surface area contributed by atoms with Gasteiger partial charge in [-0.2, -0.15) is 11.8 Å². The number of benzene rings is 1. The van der Waals surface area contributed by atoms with Crippen LogP contribution in [0.15, 0.2) is 24.3 Å². The zero-order chi connectivity index (χ0) is 17.2. The quantitative estimate of drug-likeness (QED) is 0.159. The van der Waals surface area contributed by atoms with E-state index < -0.39 is 0 Å². The molecule has 1 heterocycles. The predicted molar refractivity (Wildman–Crippen MR) is 105 cm³/mol. The first-order valence-electron chi connectivity index (χ1n) is 8.13. The van der Waals surface area contributed by atoms with E-state index in [-0.39, 0.29) is 60.4 Å². The fraction of sp³-hybridized carbons (Fsp3) is 0.611. The standard InChI is InChI=1S/C17H26N2S.CH2Cl2.2BrH.Pt/c1-14(2)12-19-13-18(10-7-11-20-15(3)4)16-8-5-6-9-17(16)19;2-1-3;;;/h5-6,8-9,14-15H,7,10-12H2,1-4H3;1H2;2*1H;/q;;;;+2/p-2. The molecule has 8 heteroatoms. The molecular formula is C18H28Br2Cl2N2PtS. The summed E-state index contributed by atoms with van der Waals surface area (Å²) >= 11 is 11.6. The molecule has 2 aromatic rings. The van der Waals surface area contributed by atoms with Gasteiger partial charge in [-0.15, -0.1) is 23.2 Å². The number of thioether (sulfide) groups is 1.